The van der Waals surface area contributed by atoms with Crippen LogP contribution in [0.5, 0.6) is 28.7 Å². The quantitative estimate of drug-likeness (QED) is 0.172. The molecule has 7 rings (SSSR count). The average molecular weight is 522 g/mol. The van der Waals surface area contributed by atoms with Crippen LogP contribution in [-0.2, 0) is 0 Å². The molecule has 36 heavy (non-hydrogen) atoms. The first-order chi connectivity index (χ1) is 16.7. The van der Waals surface area contributed by atoms with Crippen molar-refractivity contribution < 1.29 is 39.8 Å². The second kappa shape index (κ2) is 6.64. The summed E-state index contributed by atoms with van der Waals surface area (Å²) < 4.78 is 71.8. The summed E-state index contributed by atoms with van der Waals surface area (Å²) in [6.07, 6.45) is 0. The number of benzene rings is 4. The van der Waals surface area contributed by atoms with Crippen molar-refractivity contribution in [3.63, 3.8) is 0 Å². The average Bonchev–Trinajstić information content (AvgIpc) is 2.78. The van der Waals surface area contributed by atoms with Crippen LogP contribution in [0.1, 0.15) is 22.6 Å². The van der Waals surface area contributed by atoms with Crippen molar-refractivity contribution in [2.45, 2.75) is 5.92 Å². The molecule has 4 aromatic rings. The van der Waals surface area contributed by atoms with E-state index in [4.69, 9.17) is 9.47 Å². The molecule has 0 aromatic heterocycles. The molecule has 4 nitrogen and oxygen atoms in total. The van der Waals surface area contributed by atoms with E-state index >= 15 is 0 Å². The molecule has 4 aromatic carbocycles. The summed E-state index contributed by atoms with van der Waals surface area (Å²) in [5.74, 6) is 3.80. The van der Waals surface area contributed by atoms with Crippen molar-refractivity contribution in [1.29, 1.82) is 0 Å². The monoisotopic (exact) mass is 522 g/mol. The van der Waals surface area contributed by atoms with Crippen LogP contribution in [0.3, 0.4) is 0 Å². The van der Waals surface area contributed by atoms with E-state index in [9.17, 15) is 30.3 Å². The van der Waals surface area contributed by atoms with Crippen molar-refractivity contribution in [2.24, 2.45) is 0 Å². The van der Waals surface area contributed by atoms with Gasteiger partial charge in [-0.25, -0.2) is 0 Å². The number of halogens is 6. The van der Waals surface area contributed by atoms with Gasteiger partial charge in [-0.2, -0.15) is 0 Å². The molecule has 0 spiro atoms. The van der Waals surface area contributed by atoms with Crippen molar-refractivity contribution in [1.82, 2.24) is 0 Å². The van der Waals surface area contributed by atoms with E-state index in [1.807, 2.05) is 54.6 Å². The number of phenolic OH excluding ortho intramolecular Hbond substituents is 1. The molecule has 0 radical (unpaired) electrons. The second-order valence-electron chi connectivity index (χ2n) is 8.49. The Kier molecular flexibility index (Phi) is 4.16. The zero-order valence-electron chi connectivity index (χ0n) is 18.0. The predicted molar refractivity (Wildman–Crippen MR) is 124 cm³/mol. The van der Waals surface area contributed by atoms with Crippen molar-refractivity contribution >= 4 is 24.9 Å². The standard InChI is InChI=1S/C25H15NO3.F6P/c27-15-12-10-14(11-13-15)26-16-4-1-6-18-22(16)25-23-17(26)5-2-7-19(23)29-21-9-3-8-20(28-18)24(21)25;1-7(2,3,4,5)6/h1-13,25,27H;/q;-1. The van der Waals surface area contributed by atoms with Crippen LogP contribution in [0.2, 0.25) is 0 Å². The van der Waals surface area contributed by atoms with Crippen molar-refractivity contribution in [2.75, 3.05) is 4.90 Å². The molecular weight excluding hydrogens is 507 g/mol. The van der Waals surface area contributed by atoms with Gasteiger partial charge in [-0.1, -0.05) is 18.2 Å². The third-order valence-electron chi connectivity index (χ3n) is 6.01. The van der Waals surface area contributed by atoms with Gasteiger partial charge < -0.3 is 19.5 Å². The van der Waals surface area contributed by atoms with Gasteiger partial charge in [0.05, 0.1) is 17.3 Å². The molecule has 0 atom stereocenters. The SMILES string of the molecule is F[P-](F)(F)(F)(F)F.Oc1ccc(N2c3cccc4c3C3c5c(cccc5Oc5cccc2c53)O4)cc1. The Labute approximate surface area is 200 Å². The first-order valence-electron chi connectivity index (χ1n) is 10.6. The van der Waals surface area contributed by atoms with Crippen LogP contribution in [-0.4, -0.2) is 5.11 Å². The Morgan fingerprint density at radius 3 is 1.42 bits per heavy atom. The molecule has 0 saturated carbocycles. The summed E-state index contributed by atoms with van der Waals surface area (Å²) in [5.41, 5.74) is 6.56. The minimum absolute atomic E-state index is 0.0782. The summed E-state index contributed by atoms with van der Waals surface area (Å²) in [6, 6.07) is 25.7. The van der Waals surface area contributed by atoms with E-state index in [-0.39, 0.29) is 11.7 Å². The number of rotatable bonds is 1. The number of phenols is 1. The first kappa shape index (κ1) is 22.5. The van der Waals surface area contributed by atoms with Gasteiger partial charge >= 0.3 is 33.0 Å². The molecule has 0 fully saturated rings. The maximum absolute atomic E-state index is 10.7. The van der Waals surface area contributed by atoms with Crippen molar-refractivity contribution in [3.8, 4) is 28.7 Å². The second-order valence-corrected chi connectivity index (χ2v) is 10.4. The Bertz CT molecular complexity index is 1470. The zero-order valence-corrected chi connectivity index (χ0v) is 18.9. The molecule has 0 saturated heterocycles. The zero-order chi connectivity index (χ0) is 25.5. The smallest absolute Gasteiger partial charge is 0.135 e. The molecule has 3 heterocycles. The summed E-state index contributed by atoms with van der Waals surface area (Å²) in [6.45, 7) is 0. The third-order valence-corrected chi connectivity index (χ3v) is 6.01. The maximum Gasteiger partial charge on any atom is 0.135 e. The van der Waals surface area contributed by atoms with E-state index in [0.717, 1.165) is 56.8 Å². The maximum atomic E-state index is 9.87. The van der Waals surface area contributed by atoms with Gasteiger partial charge in [0.25, 0.3) is 0 Å². The van der Waals surface area contributed by atoms with E-state index < -0.39 is 7.81 Å². The van der Waals surface area contributed by atoms with Crippen LogP contribution in [0.25, 0.3) is 0 Å². The minimum atomic E-state index is -10.7. The topological polar surface area (TPSA) is 41.9 Å². The molecule has 0 amide bonds. The van der Waals surface area contributed by atoms with Gasteiger partial charge in [-0.3, -0.25) is 0 Å². The van der Waals surface area contributed by atoms with Gasteiger partial charge in [0.15, 0.2) is 0 Å². The molecule has 186 valence electrons. The van der Waals surface area contributed by atoms with Crippen molar-refractivity contribution in [3.05, 3.63) is 95.6 Å². The predicted octanol–water partition coefficient (Wildman–Crippen LogP) is 9.95. The molecule has 0 unspecified atom stereocenters. The molecule has 3 aliphatic rings. The molecule has 0 aliphatic carbocycles. The van der Waals surface area contributed by atoms with Gasteiger partial charge in [0.2, 0.25) is 0 Å². The van der Waals surface area contributed by atoms with Crippen LogP contribution in [0.4, 0.5) is 42.2 Å². The molecule has 0 bridgehead atoms. The molecule has 11 heteroatoms. The van der Waals surface area contributed by atoms with Gasteiger partial charge in [-0.05, 0) is 60.7 Å². The van der Waals surface area contributed by atoms with Gasteiger partial charge in [0.1, 0.15) is 28.7 Å². The van der Waals surface area contributed by atoms with Gasteiger partial charge in [-0.15, -0.1) is 0 Å². The number of hydrogen-bond acceptors (Lipinski definition) is 4. The minimum Gasteiger partial charge on any atom is -0.508 e. The Morgan fingerprint density at radius 1 is 0.583 bits per heavy atom. The van der Waals surface area contributed by atoms with Crippen LogP contribution in [0.15, 0.2) is 78.9 Å². The van der Waals surface area contributed by atoms with E-state index in [0.29, 0.717) is 0 Å². The third kappa shape index (κ3) is 3.97. The Balaban J connectivity index is 0.000000305. The van der Waals surface area contributed by atoms with E-state index in [1.165, 1.54) is 0 Å². The normalized spacial score (nSPS) is 16.3. The summed E-state index contributed by atoms with van der Waals surface area (Å²) in [5, 5.41) is 9.78. The van der Waals surface area contributed by atoms with E-state index in [2.05, 4.69) is 17.0 Å². The number of anilines is 3. The largest absolute Gasteiger partial charge is 0.508 e. The van der Waals surface area contributed by atoms with Crippen LogP contribution < -0.4 is 14.4 Å². The Hall–Kier alpha value is -3.91. The van der Waals surface area contributed by atoms with Gasteiger partial charge in [0, 0.05) is 22.4 Å². The fraction of sp³-hybridized carbons (Fsp3) is 0.0400. The number of hydrogen-bond donors (Lipinski definition) is 1. The summed E-state index contributed by atoms with van der Waals surface area (Å²) in [4.78, 5) is 2.22. The summed E-state index contributed by atoms with van der Waals surface area (Å²) >= 11 is 0. The fourth-order valence-electron chi connectivity index (χ4n) is 4.88. The van der Waals surface area contributed by atoms with Crippen LogP contribution >= 0.6 is 7.81 Å². The number of ether oxygens (including phenoxy) is 2. The molecule has 3 aliphatic heterocycles. The number of aromatic hydroxyl groups is 1. The fourth-order valence-corrected chi connectivity index (χ4v) is 4.88. The number of nitrogens with zero attached hydrogens (tertiary/aromatic N) is 1. The van der Waals surface area contributed by atoms with Crippen LogP contribution in [0, 0.1) is 0 Å². The van der Waals surface area contributed by atoms with E-state index in [1.54, 1.807) is 12.1 Å². The molecular formula is C25H15F6NO3P-. The Morgan fingerprint density at radius 2 is 0.972 bits per heavy atom. The first-order valence-corrected chi connectivity index (χ1v) is 12.7. The molecule has 1 N–H and O–H groups in total. The summed E-state index contributed by atoms with van der Waals surface area (Å²) in [7, 11) is -10.7.